The van der Waals surface area contributed by atoms with Gasteiger partial charge < -0.3 is 10.1 Å². The van der Waals surface area contributed by atoms with Gasteiger partial charge in [-0.2, -0.15) is 14.6 Å². The highest BCUT2D eigenvalue weighted by molar-refractivity contribution is 9.10. The number of ether oxygens (including phenoxy) is 1. The summed E-state index contributed by atoms with van der Waals surface area (Å²) in [6.07, 6.45) is 1.48. The van der Waals surface area contributed by atoms with E-state index in [1.807, 2.05) is 31.2 Å². The predicted molar refractivity (Wildman–Crippen MR) is 79.5 cm³/mol. The van der Waals surface area contributed by atoms with Gasteiger partial charge >= 0.3 is 0 Å². The number of rotatable bonds is 3. The van der Waals surface area contributed by atoms with Crippen molar-refractivity contribution >= 4 is 33.2 Å². The van der Waals surface area contributed by atoms with Crippen molar-refractivity contribution in [2.75, 3.05) is 12.4 Å². The Bertz CT molecular complexity index is 771. The Morgan fingerprint density at radius 1 is 1.30 bits per heavy atom. The summed E-state index contributed by atoms with van der Waals surface area (Å²) < 4.78 is 7.84. The van der Waals surface area contributed by atoms with E-state index in [2.05, 4.69) is 36.3 Å². The first-order chi connectivity index (χ1) is 9.67. The minimum absolute atomic E-state index is 0.566. The Balaban J connectivity index is 2.02. The Labute approximate surface area is 123 Å². The van der Waals surface area contributed by atoms with E-state index in [0.29, 0.717) is 5.78 Å². The molecule has 0 fully saturated rings. The fourth-order valence-corrected chi connectivity index (χ4v) is 2.31. The Hall–Kier alpha value is -2.15. The molecule has 3 rings (SSSR count). The molecule has 0 aliphatic heterocycles. The maximum absolute atomic E-state index is 5.29. The first-order valence-corrected chi connectivity index (χ1v) is 6.74. The molecule has 0 unspecified atom stereocenters. The molecule has 1 aromatic carbocycles. The summed E-state index contributed by atoms with van der Waals surface area (Å²) in [5.74, 6) is 2.13. The topological polar surface area (TPSA) is 64.3 Å². The zero-order valence-corrected chi connectivity index (χ0v) is 12.5. The molecule has 7 heteroatoms. The lowest BCUT2D eigenvalue weighted by Crippen LogP contribution is -2.02. The van der Waals surface area contributed by atoms with E-state index in [4.69, 9.17) is 4.74 Å². The molecule has 2 aromatic heterocycles. The zero-order valence-electron chi connectivity index (χ0n) is 11.0. The van der Waals surface area contributed by atoms with Gasteiger partial charge in [-0.05, 0) is 35.0 Å². The molecular formula is C13H12BrN5O. The minimum Gasteiger partial charge on any atom is -0.495 e. The third kappa shape index (κ3) is 2.32. The predicted octanol–water partition coefficient (Wildman–Crippen LogP) is 2.95. The number of nitrogens with zero attached hydrogens (tertiary/aromatic N) is 4. The van der Waals surface area contributed by atoms with E-state index < -0.39 is 0 Å². The third-order valence-electron chi connectivity index (χ3n) is 2.80. The molecule has 0 radical (unpaired) electrons. The maximum Gasteiger partial charge on any atom is 0.254 e. The minimum atomic E-state index is 0.566. The highest BCUT2D eigenvalue weighted by Gasteiger charge is 2.07. The summed E-state index contributed by atoms with van der Waals surface area (Å²) in [6, 6.07) is 7.69. The SMILES string of the molecule is COc1cc(Nc2cc(C)nc3ncnn23)ccc1Br. The van der Waals surface area contributed by atoms with E-state index in [1.165, 1.54) is 6.33 Å². The van der Waals surface area contributed by atoms with Gasteiger partial charge in [0.1, 0.15) is 17.9 Å². The van der Waals surface area contributed by atoms with Crippen molar-refractivity contribution in [1.82, 2.24) is 19.6 Å². The molecule has 6 nitrogen and oxygen atoms in total. The van der Waals surface area contributed by atoms with Crippen LogP contribution in [0.25, 0.3) is 5.78 Å². The second-order valence-electron chi connectivity index (χ2n) is 4.23. The summed E-state index contributed by atoms with van der Waals surface area (Å²) in [5, 5.41) is 7.45. The Kier molecular flexibility index (Phi) is 3.27. The molecule has 20 heavy (non-hydrogen) atoms. The molecule has 2 heterocycles. The summed E-state index contributed by atoms with van der Waals surface area (Å²) in [5.41, 5.74) is 1.77. The fourth-order valence-electron chi connectivity index (χ4n) is 1.91. The van der Waals surface area contributed by atoms with Gasteiger partial charge in [-0.3, -0.25) is 0 Å². The first kappa shape index (κ1) is 12.9. The van der Waals surface area contributed by atoms with Crippen molar-refractivity contribution < 1.29 is 4.74 Å². The van der Waals surface area contributed by atoms with Crippen LogP contribution in [-0.2, 0) is 0 Å². The van der Waals surface area contributed by atoms with Crippen LogP contribution in [0.15, 0.2) is 35.1 Å². The number of aromatic nitrogens is 4. The van der Waals surface area contributed by atoms with Gasteiger partial charge in [0.25, 0.3) is 5.78 Å². The lowest BCUT2D eigenvalue weighted by molar-refractivity contribution is 0.412. The third-order valence-corrected chi connectivity index (χ3v) is 3.46. The Morgan fingerprint density at radius 3 is 2.95 bits per heavy atom. The molecule has 0 aliphatic rings. The molecule has 0 saturated carbocycles. The average molecular weight is 334 g/mol. The van der Waals surface area contributed by atoms with Crippen LogP contribution in [0.1, 0.15) is 5.69 Å². The second-order valence-corrected chi connectivity index (χ2v) is 5.08. The monoisotopic (exact) mass is 333 g/mol. The van der Waals surface area contributed by atoms with Crippen LogP contribution in [0.2, 0.25) is 0 Å². The van der Waals surface area contributed by atoms with Crippen LogP contribution in [0.4, 0.5) is 11.5 Å². The summed E-state index contributed by atoms with van der Waals surface area (Å²) in [6.45, 7) is 1.92. The number of aryl methyl sites for hydroxylation is 1. The van der Waals surface area contributed by atoms with Crippen LogP contribution >= 0.6 is 15.9 Å². The van der Waals surface area contributed by atoms with E-state index in [0.717, 1.165) is 27.4 Å². The quantitative estimate of drug-likeness (QED) is 0.798. The van der Waals surface area contributed by atoms with Gasteiger partial charge in [-0.25, -0.2) is 4.98 Å². The van der Waals surface area contributed by atoms with Crippen molar-refractivity contribution in [3.8, 4) is 5.75 Å². The summed E-state index contributed by atoms with van der Waals surface area (Å²) >= 11 is 3.43. The normalized spacial score (nSPS) is 10.8. The van der Waals surface area contributed by atoms with E-state index >= 15 is 0 Å². The Morgan fingerprint density at radius 2 is 2.15 bits per heavy atom. The van der Waals surface area contributed by atoms with Crippen LogP contribution in [-0.4, -0.2) is 26.7 Å². The second kappa shape index (κ2) is 5.09. The lowest BCUT2D eigenvalue weighted by atomic mass is 10.3. The van der Waals surface area contributed by atoms with Crippen molar-refractivity contribution in [2.45, 2.75) is 6.92 Å². The standard InChI is InChI=1S/C13H12BrN5O/c1-8-5-12(19-13(17-8)15-7-16-19)18-9-3-4-10(14)11(6-9)20-2/h3-7,18H,1-2H3. The van der Waals surface area contributed by atoms with Crippen LogP contribution < -0.4 is 10.1 Å². The molecule has 0 amide bonds. The number of benzene rings is 1. The van der Waals surface area contributed by atoms with E-state index in [9.17, 15) is 0 Å². The largest absolute Gasteiger partial charge is 0.495 e. The van der Waals surface area contributed by atoms with Gasteiger partial charge in [0, 0.05) is 23.5 Å². The van der Waals surface area contributed by atoms with E-state index in [-0.39, 0.29) is 0 Å². The van der Waals surface area contributed by atoms with Gasteiger partial charge in [0.15, 0.2) is 0 Å². The van der Waals surface area contributed by atoms with Crippen LogP contribution in [0.5, 0.6) is 5.75 Å². The van der Waals surface area contributed by atoms with Crippen molar-refractivity contribution in [3.05, 3.63) is 40.8 Å². The van der Waals surface area contributed by atoms with Crippen molar-refractivity contribution in [2.24, 2.45) is 0 Å². The summed E-state index contributed by atoms with van der Waals surface area (Å²) in [4.78, 5) is 8.40. The highest BCUT2D eigenvalue weighted by atomic mass is 79.9. The van der Waals surface area contributed by atoms with Gasteiger partial charge in [0.05, 0.1) is 11.6 Å². The van der Waals surface area contributed by atoms with Crippen LogP contribution in [0.3, 0.4) is 0 Å². The number of halogens is 1. The molecule has 102 valence electrons. The highest BCUT2D eigenvalue weighted by Crippen LogP contribution is 2.29. The molecule has 0 saturated heterocycles. The number of fused-ring (bicyclic) bond motifs is 1. The molecule has 0 aliphatic carbocycles. The number of methoxy groups -OCH3 is 1. The van der Waals surface area contributed by atoms with E-state index in [1.54, 1.807) is 11.6 Å². The number of hydrogen-bond donors (Lipinski definition) is 1. The van der Waals surface area contributed by atoms with Crippen LogP contribution in [0, 0.1) is 6.92 Å². The molecule has 0 spiro atoms. The average Bonchev–Trinajstić information content (AvgIpc) is 2.89. The smallest absolute Gasteiger partial charge is 0.254 e. The fraction of sp³-hybridized carbons (Fsp3) is 0.154. The first-order valence-electron chi connectivity index (χ1n) is 5.95. The molecular weight excluding hydrogens is 322 g/mol. The lowest BCUT2D eigenvalue weighted by Gasteiger charge is -2.10. The van der Waals surface area contributed by atoms with Gasteiger partial charge in [0.2, 0.25) is 0 Å². The number of nitrogens with one attached hydrogen (secondary N) is 1. The van der Waals surface area contributed by atoms with Crippen molar-refractivity contribution in [1.29, 1.82) is 0 Å². The molecule has 0 bridgehead atoms. The van der Waals surface area contributed by atoms with Gasteiger partial charge in [-0.1, -0.05) is 0 Å². The van der Waals surface area contributed by atoms with Gasteiger partial charge in [-0.15, -0.1) is 0 Å². The summed E-state index contributed by atoms with van der Waals surface area (Å²) in [7, 11) is 1.64. The molecule has 0 atom stereocenters. The maximum atomic E-state index is 5.29. The molecule has 3 aromatic rings. The number of anilines is 2. The number of hydrogen-bond acceptors (Lipinski definition) is 5. The van der Waals surface area contributed by atoms with Crippen molar-refractivity contribution in [3.63, 3.8) is 0 Å². The molecule has 1 N–H and O–H groups in total. The zero-order chi connectivity index (χ0) is 14.1.